The number of halogens is 1. The molecule has 0 saturated heterocycles. The van der Waals surface area contributed by atoms with Crippen molar-refractivity contribution in [2.24, 2.45) is 5.84 Å². The number of nitrogens with two attached hydrogens (primary N) is 1. The van der Waals surface area contributed by atoms with Gasteiger partial charge in [0.25, 0.3) is 0 Å². The third kappa shape index (κ3) is 3.33. The van der Waals surface area contributed by atoms with Crippen LogP contribution in [0.1, 0.15) is 11.6 Å². The molecule has 1 aromatic carbocycles. The van der Waals surface area contributed by atoms with Gasteiger partial charge in [-0.3, -0.25) is 11.3 Å². The predicted molar refractivity (Wildman–Crippen MR) is 65.9 cm³/mol. The van der Waals surface area contributed by atoms with Crippen LogP contribution in [-0.2, 0) is 0 Å². The Hall–Kier alpha value is -1.30. The standard InChI is InChI=1S/C12H13FN2OS/c13-10-2-1-3-11(6-10)17-8-12(15-14)9-4-5-16-7-9/h1-7,12,15H,8,14H2. The monoisotopic (exact) mass is 252 g/mol. The lowest BCUT2D eigenvalue weighted by Crippen LogP contribution is -2.29. The highest BCUT2D eigenvalue weighted by Gasteiger charge is 2.11. The fourth-order valence-electron chi connectivity index (χ4n) is 1.45. The molecule has 0 aliphatic heterocycles. The molecular formula is C12H13FN2OS. The zero-order valence-corrected chi connectivity index (χ0v) is 9.91. The quantitative estimate of drug-likeness (QED) is 0.488. The number of nitrogens with one attached hydrogen (secondary N) is 1. The van der Waals surface area contributed by atoms with E-state index < -0.39 is 0 Å². The molecule has 0 aliphatic rings. The van der Waals surface area contributed by atoms with Gasteiger partial charge in [-0.05, 0) is 24.3 Å². The second-order valence-electron chi connectivity index (χ2n) is 3.54. The van der Waals surface area contributed by atoms with Crippen molar-refractivity contribution < 1.29 is 8.81 Å². The van der Waals surface area contributed by atoms with Gasteiger partial charge in [0.2, 0.25) is 0 Å². The molecule has 5 heteroatoms. The summed E-state index contributed by atoms with van der Waals surface area (Å²) in [6, 6.07) is 8.35. The van der Waals surface area contributed by atoms with Crippen LogP contribution >= 0.6 is 11.8 Å². The van der Waals surface area contributed by atoms with Crippen LogP contribution in [0.4, 0.5) is 4.39 Å². The minimum absolute atomic E-state index is 0.0120. The first kappa shape index (κ1) is 12.2. The number of hydrogen-bond donors (Lipinski definition) is 2. The van der Waals surface area contributed by atoms with Gasteiger partial charge >= 0.3 is 0 Å². The largest absolute Gasteiger partial charge is 0.472 e. The van der Waals surface area contributed by atoms with Crippen molar-refractivity contribution in [3.8, 4) is 0 Å². The van der Waals surface area contributed by atoms with Gasteiger partial charge in [0, 0.05) is 16.2 Å². The SMILES string of the molecule is NNC(CSc1cccc(F)c1)c1ccoc1. The van der Waals surface area contributed by atoms with Crippen LogP contribution in [0.2, 0.25) is 0 Å². The number of hydrazine groups is 1. The van der Waals surface area contributed by atoms with E-state index in [0.29, 0.717) is 5.75 Å². The highest BCUT2D eigenvalue weighted by atomic mass is 32.2. The maximum absolute atomic E-state index is 13.0. The first-order chi connectivity index (χ1) is 8.29. The summed E-state index contributed by atoms with van der Waals surface area (Å²) in [6.45, 7) is 0. The van der Waals surface area contributed by atoms with Crippen molar-refractivity contribution in [2.75, 3.05) is 5.75 Å². The van der Waals surface area contributed by atoms with Gasteiger partial charge in [-0.15, -0.1) is 11.8 Å². The van der Waals surface area contributed by atoms with E-state index in [0.717, 1.165) is 10.5 Å². The van der Waals surface area contributed by atoms with E-state index in [2.05, 4.69) is 5.43 Å². The maximum Gasteiger partial charge on any atom is 0.124 e. The second kappa shape index (κ2) is 5.86. The Kier molecular flexibility index (Phi) is 4.19. The summed E-state index contributed by atoms with van der Waals surface area (Å²) in [6.07, 6.45) is 3.25. The van der Waals surface area contributed by atoms with Crippen molar-refractivity contribution in [1.29, 1.82) is 0 Å². The summed E-state index contributed by atoms with van der Waals surface area (Å²) in [5.41, 5.74) is 3.70. The summed E-state index contributed by atoms with van der Waals surface area (Å²) in [5.74, 6) is 5.96. The molecule has 0 bridgehead atoms. The molecule has 3 nitrogen and oxygen atoms in total. The van der Waals surface area contributed by atoms with Crippen LogP contribution in [0, 0.1) is 5.82 Å². The van der Waals surface area contributed by atoms with E-state index >= 15 is 0 Å². The molecule has 0 fully saturated rings. The van der Waals surface area contributed by atoms with Crippen molar-refractivity contribution in [3.63, 3.8) is 0 Å². The van der Waals surface area contributed by atoms with Gasteiger partial charge in [0.1, 0.15) is 5.82 Å². The summed E-state index contributed by atoms with van der Waals surface area (Å²) < 4.78 is 18.0. The van der Waals surface area contributed by atoms with Gasteiger partial charge in [0.15, 0.2) is 0 Å². The Morgan fingerprint density at radius 1 is 1.41 bits per heavy atom. The molecule has 0 aliphatic carbocycles. The van der Waals surface area contributed by atoms with Gasteiger partial charge in [0.05, 0.1) is 18.6 Å². The Bertz CT molecular complexity index is 461. The summed E-state index contributed by atoms with van der Waals surface area (Å²) in [4.78, 5) is 0.883. The number of furan rings is 1. The molecule has 90 valence electrons. The zero-order valence-electron chi connectivity index (χ0n) is 9.10. The van der Waals surface area contributed by atoms with Gasteiger partial charge in [-0.2, -0.15) is 0 Å². The van der Waals surface area contributed by atoms with E-state index in [9.17, 15) is 4.39 Å². The van der Waals surface area contributed by atoms with Gasteiger partial charge < -0.3 is 4.42 Å². The zero-order chi connectivity index (χ0) is 12.1. The summed E-state index contributed by atoms with van der Waals surface area (Å²) in [7, 11) is 0. The number of benzene rings is 1. The topological polar surface area (TPSA) is 51.2 Å². The Morgan fingerprint density at radius 2 is 2.29 bits per heavy atom. The summed E-state index contributed by atoms with van der Waals surface area (Å²) >= 11 is 1.54. The molecule has 0 saturated carbocycles. The Morgan fingerprint density at radius 3 is 2.94 bits per heavy atom. The third-order valence-corrected chi connectivity index (χ3v) is 3.45. The molecule has 17 heavy (non-hydrogen) atoms. The molecule has 1 unspecified atom stereocenters. The molecule has 2 rings (SSSR count). The first-order valence-corrected chi connectivity index (χ1v) is 6.15. The average Bonchev–Trinajstić information content (AvgIpc) is 2.84. The Labute approximate surface area is 103 Å². The molecule has 2 aromatic rings. The average molecular weight is 252 g/mol. The lowest BCUT2D eigenvalue weighted by Gasteiger charge is -2.13. The summed E-state index contributed by atoms with van der Waals surface area (Å²) in [5, 5.41) is 0. The first-order valence-electron chi connectivity index (χ1n) is 5.16. The molecule has 1 heterocycles. The van der Waals surface area contributed by atoms with Crippen LogP contribution in [-0.4, -0.2) is 5.75 Å². The predicted octanol–water partition coefficient (Wildman–Crippen LogP) is 2.72. The molecule has 0 amide bonds. The second-order valence-corrected chi connectivity index (χ2v) is 4.64. The van der Waals surface area contributed by atoms with Crippen molar-refractivity contribution in [1.82, 2.24) is 5.43 Å². The number of thioether (sulfide) groups is 1. The fourth-order valence-corrected chi connectivity index (χ4v) is 2.47. The minimum atomic E-state index is -0.226. The smallest absolute Gasteiger partial charge is 0.124 e. The van der Waals surface area contributed by atoms with Crippen LogP contribution in [0.15, 0.2) is 52.2 Å². The van der Waals surface area contributed by atoms with Gasteiger partial charge in [-0.25, -0.2) is 4.39 Å². The lowest BCUT2D eigenvalue weighted by atomic mass is 10.2. The van der Waals surface area contributed by atoms with Crippen LogP contribution in [0.3, 0.4) is 0 Å². The van der Waals surface area contributed by atoms with Crippen molar-refractivity contribution >= 4 is 11.8 Å². The molecule has 1 aromatic heterocycles. The number of rotatable bonds is 5. The van der Waals surface area contributed by atoms with E-state index in [4.69, 9.17) is 10.3 Å². The van der Waals surface area contributed by atoms with Crippen LogP contribution in [0.25, 0.3) is 0 Å². The minimum Gasteiger partial charge on any atom is -0.472 e. The molecule has 0 radical (unpaired) electrons. The Balaban J connectivity index is 1.97. The highest BCUT2D eigenvalue weighted by molar-refractivity contribution is 7.99. The fraction of sp³-hybridized carbons (Fsp3) is 0.167. The lowest BCUT2D eigenvalue weighted by molar-refractivity contribution is 0.548. The van der Waals surface area contributed by atoms with E-state index in [1.807, 2.05) is 12.1 Å². The normalized spacial score (nSPS) is 12.6. The van der Waals surface area contributed by atoms with Gasteiger partial charge in [-0.1, -0.05) is 6.07 Å². The van der Waals surface area contributed by atoms with Crippen molar-refractivity contribution in [2.45, 2.75) is 10.9 Å². The molecule has 3 N–H and O–H groups in total. The van der Waals surface area contributed by atoms with Crippen molar-refractivity contribution in [3.05, 3.63) is 54.2 Å². The van der Waals surface area contributed by atoms with E-state index in [1.165, 1.54) is 12.1 Å². The van der Waals surface area contributed by atoms with E-state index in [-0.39, 0.29) is 11.9 Å². The van der Waals surface area contributed by atoms with Crippen LogP contribution in [0.5, 0.6) is 0 Å². The van der Waals surface area contributed by atoms with Crippen LogP contribution < -0.4 is 11.3 Å². The molecule has 1 atom stereocenters. The number of hydrogen-bond acceptors (Lipinski definition) is 4. The third-order valence-electron chi connectivity index (χ3n) is 2.36. The highest BCUT2D eigenvalue weighted by Crippen LogP contribution is 2.24. The molecular weight excluding hydrogens is 239 g/mol. The maximum atomic E-state index is 13.0. The van der Waals surface area contributed by atoms with E-state index in [1.54, 1.807) is 30.4 Å². The molecule has 0 spiro atoms.